The van der Waals surface area contributed by atoms with Crippen LogP contribution in [0.15, 0.2) is 58.7 Å². The third-order valence-electron chi connectivity index (χ3n) is 7.33. The van der Waals surface area contributed by atoms with E-state index in [0.717, 1.165) is 11.1 Å². The Morgan fingerprint density at radius 1 is 1.03 bits per heavy atom. The molecule has 1 N–H and O–H groups in total. The van der Waals surface area contributed by atoms with Gasteiger partial charge >= 0.3 is 0 Å². The maximum Gasteiger partial charge on any atom is 0.233 e. The Hall–Kier alpha value is -3.28. The monoisotopic (exact) mass is 431 g/mol. The molecule has 5 rings (SSSR count). The molecular formula is C26H25NO5. The van der Waals surface area contributed by atoms with Gasteiger partial charge in [-0.3, -0.25) is 24.1 Å². The van der Waals surface area contributed by atoms with Gasteiger partial charge in [0, 0.05) is 29.2 Å². The Balaban J connectivity index is 1.66. The average molecular weight is 431 g/mol. The zero-order valence-corrected chi connectivity index (χ0v) is 18.1. The van der Waals surface area contributed by atoms with E-state index in [-0.39, 0.29) is 35.0 Å². The van der Waals surface area contributed by atoms with E-state index in [0.29, 0.717) is 42.5 Å². The molecule has 32 heavy (non-hydrogen) atoms. The van der Waals surface area contributed by atoms with Gasteiger partial charge in [-0.15, -0.1) is 0 Å². The molecule has 4 aliphatic rings. The van der Waals surface area contributed by atoms with E-state index in [1.54, 1.807) is 31.2 Å². The fraction of sp³-hybridized carbons (Fsp3) is 0.385. The van der Waals surface area contributed by atoms with Crippen LogP contribution in [0.25, 0.3) is 0 Å². The largest absolute Gasteiger partial charge is 0.508 e. The number of benzene rings is 1. The van der Waals surface area contributed by atoms with Crippen LogP contribution in [-0.4, -0.2) is 39.9 Å². The van der Waals surface area contributed by atoms with E-state index in [1.807, 2.05) is 13.0 Å². The molecule has 0 spiro atoms. The smallest absolute Gasteiger partial charge is 0.233 e. The van der Waals surface area contributed by atoms with Crippen LogP contribution in [0.5, 0.6) is 5.75 Å². The summed E-state index contributed by atoms with van der Waals surface area (Å²) in [5.74, 6) is -2.18. The number of aromatic hydroxyl groups is 1. The van der Waals surface area contributed by atoms with Crippen molar-refractivity contribution in [1.29, 1.82) is 0 Å². The Labute approximate surface area is 186 Å². The van der Waals surface area contributed by atoms with Crippen LogP contribution in [-0.2, 0) is 19.2 Å². The first kappa shape index (κ1) is 20.6. The van der Waals surface area contributed by atoms with Gasteiger partial charge < -0.3 is 5.11 Å². The molecule has 6 heteroatoms. The molecule has 1 aromatic rings. The number of nitrogens with zero attached hydrogens (tertiary/aromatic N) is 1. The molecule has 0 aromatic heterocycles. The lowest BCUT2D eigenvalue weighted by Gasteiger charge is -2.42. The molecule has 0 radical (unpaired) electrons. The van der Waals surface area contributed by atoms with Gasteiger partial charge in [0.15, 0.2) is 11.6 Å². The summed E-state index contributed by atoms with van der Waals surface area (Å²) < 4.78 is 0. The summed E-state index contributed by atoms with van der Waals surface area (Å²) in [4.78, 5) is 53.8. The zero-order valence-electron chi connectivity index (χ0n) is 18.1. The standard InChI is InChI=1S/C26H25NO5/c1-3-10-27-25(31)17-9-8-16-18(22(17)26(27)32)12-19-20(29)11-13(2)24(30)23(19)21(16)14-4-6-15(28)7-5-14/h4-8,11,17-18,21-22,28H,3,9-10,12H2,1-2H3/t17-,18+,21-,22-/m0/s1. The van der Waals surface area contributed by atoms with Crippen LogP contribution in [0, 0.1) is 17.8 Å². The lowest BCUT2D eigenvalue weighted by atomic mass is 9.59. The molecule has 1 aromatic carbocycles. The van der Waals surface area contributed by atoms with Gasteiger partial charge in [0.2, 0.25) is 11.8 Å². The molecular weight excluding hydrogens is 406 g/mol. The molecule has 0 unspecified atom stereocenters. The number of fused-ring (bicyclic) bond motifs is 3. The van der Waals surface area contributed by atoms with Crippen molar-refractivity contribution in [3.63, 3.8) is 0 Å². The third-order valence-corrected chi connectivity index (χ3v) is 7.33. The number of rotatable bonds is 3. The molecule has 6 nitrogen and oxygen atoms in total. The average Bonchev–Trinajstić information content (AvgIpc) is 3.02. The number of carbonyl (C=O) groups is 4. The first-order chi connectivity index (χ1) is 15.3. The lowest BCUT2D eigenvalue weighted by Crippen LogP contribution is -2.39. The number of Topliss-reactive ketones (excluding diaryl/α,β-unsaturated/α-hetero) is 1. The number of phenols is 1. The van der Waals surface area contributed by atoms with E-state index >= 15 is 0 Å². The van der Waals surface area contributed by atoms with Gasteiger partial charge in [0.1, 0.15) is 5.75 Å². The van der Waals surface area contributed by atoms with Crippen molar-refractivity contribution in [1.82, 2.24) is 4.90 Å². The summed E-state index contributed by atoms with van der Waals surface area (Å²) in [6.45, 7) is 3.99. The van der Waals surface area contributed by atoms with Gasteiger partial charge in [0.25, 0.3) is 0 Å². The van der Waals surface area contributed by atoms with Crippen molar-refractivity contribution < 1.29 is 24.3 Å². The second-order valence-corrected chi connectivity index (χ2v) is 9.15. The molecule has 0 saturated carbocycles. The molecule has 4 atom stereocenters. The number of ketones is 2. The minimum absolute atomic E-state index is 0.113. The van der Waals surface area contributed by atoms with Crippen LogP contribution in [0.2, 0.25) is 0 Å². The van der Waals surface area contributed by atoms with Crippen molar-refractivity contribution in [2.24, 2.45) is 17.8 Å². The highest BCUT2D eigenvalue weighted by atomic mass is 16.3. The summed E-state index contributed by atoms with van der Waals surface area (Å²) in [5, 5.41) is 9.78. The van der Waals surface area contributed by atoms with Gasteiger partial charge in [-0.25, -0.2) is 0 Å². The number of hydrogen-bond acceptors (Lipinski definition) is 5. The van der Waals surface area contributed by atoms with Crippen molar-refractivity contribution in [3.05, 3.63) is 64.3 Å². The van der Waals surface area contributed by atoms with Crippen molar-refractivity contribution in [2.45, 2.75) is 39.0 Å². The van der Waals surface area contributed by atoms with E-state index < -0.39 is 17.8 Å². The third kappa shape index (κ3) is 2.85. The van der Waals surface area contributed by atoms with Gasteiger partial charge in [0.05, 0.1) is 11.8 Å². The quantitative estimate of drug-likeness (QED) is 0.451. The number of hydrogen-bond donors (Lipinski definition) is 1. The first-order valence-corrected chi connectivity index (χ1v) is 11.2. The van der Waals surface area contributed by atoms with Gasteiger partial charge in [-0.05, 0) is 55.9 Å². The summed E-state index contributed by atoms with van der Waals surface area (Å²) in [6, 6.07) is 6.65. The van der Waals surface area contributed by atoms with Gasteiger partial charge in [-0.2, -0.15) is 0 Å². The minimum Gasteiger partial charge on any atom is -0.508 e. The van der Waals surface area contributed by atoms with E-state index in [1.165, 1.54) is 11.0 Å². The molecule has 1 fully saturated rings. The van der Waals surface area contributed by atoms with Crippen molar-refractivity contribution in [2.75, 3.05) is 6.54 Å². The number of allylic oxidation sites excluding steroid dienone is 6. The SMILES string of the molecule is CCCN1C(=O)[C@H]2[C@H](CC=C3[C@H](c4ccc(O)cc4)C4=C(C[C@H]32)C(=O)C=C(C)C4=O)C1=O. The predicted octanol–water partition coefficient (Wildman–Crippen LogP) is 3.23. The maximum atomic E-state index is 13.3. The van der Waals surface area contributed by atoms with E-state index in [4.69, 9.17) is 0 Å². The maximum absolute atomic E-state index is 13.3. The molecule has 1 saturated heterocycles. The summed E-state index contributed by atoms with van der Waals surface area (Å²) in [7, 11) is 0. The highest BCUT2D eigenvalue weighted by Crippen LogP contribution is 2.55. The van der Waals surface area contributed by atoms with Crippen LogP contribution in [0.1, 0.15) is 44.6 Å². The van der Waals surface area contributed by atoms with E-state index in [2.05, 4.69) is 0 Å². The number of phenolic OH excluding ortho intramolecular Hbond substituents is 1. The molecule has 0 bridgehead atoms. The summed E-state index contributed by atoms with van der Waals surface area (Å²) in [5.41, 5.74) is 3.07. The highest BCUT2D eigenvalue weighted by Gasteiger charge is 2.55. The van der Waals surface area contributed by atoms with E-state index in [9.17, 15) is 24.3 Å². The summed E-state index contributed by atoms with van der Waals surface area (Å²) >= 11 is 0. The van der Waals surface area contributed by atoms with Gasteiger partial charge in [-0.1, -0.05) is 30.7 Å². The molecule has 164 valence electrons. The fourth-order valence-electron chi connectivity index (χ4n) is 5.92. The number of imide groups is 1. The Morgan fingerprint density at radius 3 is 2.44 bits per heavy atom. The normalized spacial score (nSPS) is 29.5. The van der Waals surface area contributed by atoms with Crippen molar-refractivity contribution >= 4 is 23.4 Å². The van der Waals surface area contributed by atoms with Crippen LogP contribution >= 0.6 is 0 Å². The zero-order chi connectivity index (χ0) is 22.7. The number of likely N-dealkylation sites (tertiary alicyclic amines) is 1. The summed E-state index contributed by atoms with van der Waals surface area (Å²) in [6.07, 6.45) is 4.85. The molecule has 3 aliphatic carbocycles. The number of carbonyl (C=O) groups excluding carboxylic acids is 4. The Bertz CT molecular complexity index is 1150. The predicted molar refractivity (Wildman–Crippen MR) is 116 cm³/mol. The molecule has 1 heterocycles. The number of amides is 2. The second kappa shape index (κ2) is 7.40. The second-order valence-electron chi connectivity index (χ2n) is 9.15. The van der Waals surface area contributed by atoms with Crippen LogP contribution < -0.4 is 0 Å². The fourth-order valence-corrected chi connectivity index (χ4v) is 5.92. The minimum atomic E-state index is -0.502. The first-order valence-electron chi connectivity index (χ1n) is 11.2. The molecule has 1 aliphatic heterocycles. The molecule has 2 amide bonds. The Kier molecular flexibility index (Phi) is 4.77. The lowest BCUT2D eigenvalue weighted by molar-refractivity contribution is -0.140. The Morgan fingerprint density at radius 2 is 1.75 bits per heavy atom. The van der Waals surface area contributed by atoms with Crippen LogP contribution in [0.4, 0.5) is 0 Å². The van der Waals surface area contributed by atoms with Crippen molar-refractivity contribution in [3.8, 4) is 5.75 Å². The topological polar surface area (TPSA) is 91.8 Å². The highest BCUT2D eigenvalue weighted by molar-refractivity contribution is 6.23. The van der Waals surface area contributed by atoms with Crippen LogP contribution in [0.3, 0.4) is 0 Å².